The van der Waals surface area contributed by atoms with Crippen LogP contribution in [-0.4, -0.2) is 64.1 Å². The molecule has 7 nitrogen and oxygen atoms in total. The van der Waals surface area contributed by atoms with Crippen molar-refractivity contribution in [3.05, 3.63) is 17.7 Å². The average molecular weight is 412 g/mol. The van der Waals surface area contributed by atoms with E-state index in [9.17, 15) is 13.2 Å². The van der Waals surface area contributed by atoms with E-state index < -0.39 is 9.84 Å². The van der Waals surface area contributed by atoms with E-state index in [1.54, 1.807) is 21.3 Å². The summed E-state index contributed by atoms with van der Waals surface area (Å²) in [6.07, 6.45) is 5.07. The molecule has 1 aromatic rings. The molecule has 2 heterocycles. The molecule has 0 aromatic heterocycles. The summed E-state index contributed by atoms with van der Waals surface area (Å²) in [7, 11) is 1.63. The number of rotatable bonds is 7. The molecule has 1 aromatic carbocycles. The van der Waals surface area contributed by atoms with Gasteiger partial charge in [0.1, 0.15) is 9.84 Å². The Hall–Kier alpha value is -1.96. The van der Waals surface area contributed by atoms with Gasteiger partial charge in [0.25, 0.3) is 0 Å². The fourth-order valence-corrected chi connectivity index (χ4v) is 5.76. The lowest BCUT2D eigenvalue weighted by Gasteiger charge is -2.38. The van der Waals surface area contributed by atoms with E-state index in [4.69, 9.17) is 14.2 Å². The molecule has 8 heteroatoms. The van der Waals surface area contributed by atoms with E-state index >= 15 is 0 Å². The Morgan fingerprint density at radius 3 is 2.14 bits per heavy atom. The quantitative estimate of drug-likeness (QED) is 0.684. The fourth-order valence-electron chi connectivity index (χ4n) is 4.61. The molecule has 0 spiro atoms. The van der Waals surface area contributed by atoms with Gasteiger partial charge >= 0.3 is 0 Å². The molecule has 2 unspecified atom stereocenters. The number of sulfone groups is 1. The number of ether oxygens (including phenoxy) is 3. The lowest BCUT2D eigenvalue weighted by Crippen LogP contribution is -2.49. The van der Waals surface area contributed by atoms with Crippen LogP contribution in [-0.2, 0) is 21.1 Å². The molecule has 2 atom stereocenters. The second-order valence-corrected chi connectivity index (χ2v) is 9.93. The zero-order chi connectivity index (χ0) is 20.5. The molecule has 1 amide bonds. The number of fused-ring (bicyclic) bond motifs is 2. The third kappa shape index (κ3) is 3.92. The summed E-state index contributed by atoms with van der Waals surface area (Å²) in [5, 5.41) is -0.319. The largest absolute Gasteiger partial charge is 0.493 e. The molecule has 0 radical (unpaired) electrons. The van der Waals surface area contributed by atoms with E-state index in [0.29, 0.717) is 42.9 Å². The number of hydrogen-bond acceptors (Lipinski definition) is 6. The summed E-state index contributed by atoms with van der Waals surface area (Å²) in [6.45, 7) is 0. The predicted octanol–water partition coefficient (Wildman–Crippen LogP) is 2.21. The second-order valence-electron chi connectivity index (χ2n) is 7.60. The molecule has 2 saturated heterocycles. The van der Waals surface area contributed by atoms with E-state index in [1.165, 1.54) is 6.26 Å². The van der Waals surface area contributed by atoms with Crippen LogP contribution in [0.5, 0.6) is 17.2 Å². The molecule has 0 aliphatic carbocycles. The van der Waals surface area contributed by atoms with Gasteiger partial charge in [-0.25, -0.2) is 8.42 Å². The Kier molecular flexibility index (Phi) is 6.07. The minimum atomic E-state index is -3.06. The first kappa shape index (κ1) is 20.8. The molecular weight excluding hydrogens is 382 g/mol. The van der Waals surface area contributed by atoms with Crippen LogP contribution in [0.1, 0.15) is 37.7 Å². The molecule has 3 rings (SSSR count). The van der Waals surface area contributed by atoms with Gasteiger partial charge in [0, 0.05) is 24.8 Å². The first-order valence-electron chi connectivity index (χ1n) is 9.58. The highest BCUT2D eigenvalue weighted by atomic mass is 32.2. The van der Waals surface area contributed by atoms with Crippen LogP contribution in [0, 0.1) is 0 Å². The van der Waals surface area contributed by atoms with Gasteiger partial charge in [-0.05, 0) is 43.7 Å². The molecule has 2 aliphatic heterocycles. The van der Waals surface area contributed by atoms with Crippen LogP contribution in [0.4, 0.5) is 0 Å². The van der Waals surface area contributed by atoms with Crippen molar-refractivity contribution in [2.75, 3.05) is 27.6 Å². The number of aryl methyl sites for hydroxylation is 1. The van der Waals surface area contributed by atoms with E-state index in [2.05, 4.69) is 0 Å². The van der Waals surface area contributed by atoms with Gasteiger partial charge in [0.05, 0.1) is 26.6 Å². The highest BCUT2D eigenvalue weighted by Gasteiger charge is 2.45. The normalized spacial score (nSPS) is 24.1. The number of piperidine rings is 1. The highest BCUT2D eigenvalue weighted by Crippen LogP contribution is 2.41. The Bertz CT molecular complexity index is 823. The Morgan fingerprint density at radius 2 is 1.64 bits per heavy atom. The van der Waals surface area contributed by atoms with Gasteiger partial charge in [-0.15, -0.1) is 0 Å². The zero-order valence-electron chi connectivity index (χ0n) is 16.9. The maximum Gasteiger partial charge on any atom is 0.223 e. The lowest BCUT2D eigenvalue weighted by molar-refractivity contribution is -0.135. The van der Waals surface area contributed by atoms with Gasteiger partial charge in [-0.1, -0.05) is 6.07 Å². The van der Waals surface area contributed by atoms with Crippen LogP contribution in [0.2, 0.25) is 0 Å². The molecular formula is C20H29NO6S. The molecule has 2 fully saturated rings. The molecule has 2 aliphatic rings. The first-order chi connectivity index (χ1) is 13.3. The van der Waals surface area contributed by atoms with E-state index in [0.717, 1.165) is 18.4 Å². The maximum absolute atomic E-state index is 12.9. The molecule has 28 heavy (non-hydrogen) atoms. The lowest BCUT2D eigenvalue weighted by atomic mass is 10.0. The van der Waals surface area contributed by atoms with Gasteiger partial charge < -0.3 is 19.1 Å². The van der Waals surface area contributed by atoms with Crippen molar-refractivity contribution in [1.82, 2.24) is 4.90 Å². The topological polar surface area (TPSA) is 82.1 Å². The number of carbonyl (C=O) groups excluding carboxylic acids is 1. The third-order valence-corrected chi connectivity index (χ3v) is 7.57. The SMILES string of the molecule is COc1ccc(CCC(=O)N2C3CCC2CC(S(C)(=O)=O)C3)c(OC)c1OC. The third-order valence-electron chi connectivity index (χ3n) is 5.98. The van der Waals surface area contributed by atoms with Crippen molar-refractivity contribution in [1.29, 1.82) is 0 Å². The van der Waals surface area contributed by atoms with Crippen LogP contribution in [0.15, 0.2) is 12.1 Å². The van der Waals surface area contributed by atoms with Gasteiger partial charge in [0.15, 0.2) is 11.5 Å². The molecule has 0 N–H and O–H groups in total. The Morgan fingerprint density at radius 1 is 1.04 bits per heavy atom. The number of nitrogens with zero attached hydrogens (tertiary/aromatic N) is 1. The van der Waals surface area contributed by atoms with Crippen molar-refractivity contribution < 1.29 is 27.4 Å². The van der Waals surface area contributed by atoms with Crippen molar-refractivity contribution in [3.8, 4) is 17.2 Å². The number of benzene rings is 1. The number of carbonyl (C=O) groups is 1. The molecule has 156 valence electrons. The number of amides is 1. The number of hydrogen-bond donors (Lipinski definition) is 0. The number of methoxy groups -OCH3 is 3. The summed E-state index contributed by atoms with van der Waals surface area (Å²) in [5.74, 6) is 1.75. The van der Waals surface area contributed by atoms with Crippen LogP contribution < -0.4 is 14.2 Å². The van der Waals surface area contributed by atoms with Crippen LogP contribution >= 0.6 is 0 Å². The fraction of sp³-hybridized carbons (Fsp3) is 0.650. The van der Waals surface area contributed by atoms with Crippen LogP contribution in [0.3, 0.4) is 0 Å². The maximum atomic E-state index is 12.9. The van der Waals surface area contributed by atoms with Crippen molar-refractivity contribution in [2.45, 2.75) is 55.9 Å². The zero-order valence-corrected chi connectivity index (χ0v) is 17.8. The summed E-state index contributed by atoms with van der Waals surface area (Å²) in [6, 6.07) is 3.78. The van der Waals surface area contributed by atoms with E-state index in [-0.39, 0.29) is 23.2 Å². The monoisotopic (exact) mass is 411 g/mol. The Balaban J connectivity index is 1.70. The minimum absolute atomic E-state index is 0.0401. The summed E-state index contributed by atoms with van der Waals surface area (Å²) in [5.41, 5.74) is 0.881. The van der Waals surface area contributed by atoms with Crippen molar-refractivity contribution in [2.24, 2.45) is 0 Å². The Labute approximate surface area is 166 Å². The first-order valence-corrected chi connectivity index (χ1v) is 11.5. The highest BCUT2D eigenvalue weighted by molar-refractivity contribution is 7.91. The van der Waals surface area contributed by atoms with Gasteiger partial charge in [0.2, 0.25) is 11.7 Å². The summed E-state index contributed by atoms with van der Waals surface area (Å²) < 4.78 is 40.1. The smallest absolute Gasteiger partial charge is 0.223 e. The minimum Gasteiger partial charge on any atom is -0.493 e. The molecule has 0 saturated carbocycles. The standard InChI is InChI=1S/C20H29NO6S/c1-25-17-9-5-13(19(26-2)20(17)27-3)6-10-18(22)21-14-7-8-15(21)12-16(11-14)28(4,23)24/h5,9,14-16H,6-8,10-12H2,1-4H3. The van der Waals surface area contributed by atoms with E-state index in [1.807, 2.05) is 17.0 Å². The van der Waals surface area contributed by atoms with Gasteiger partial charge in [-0.2, -0.15) is 0 Å². The predicted molar refractivity (Wildman–Crippen MR) is 106 cm³/mol. The van der Waals surface area contributed by atoms with Crippen molar-refractivity contribution >= 4 is 15.7 Å². The molecule has 2 bridgehead atoms. The average Bonchev–Trinajstić information content (AvgIpc) is 2.93. The van der Waals surface area contributed by atoms with Gasteiger partial charge in [-0.3, -0.25) is 4.79 Å². The summed E-state index contributed by atoms with van der Waals surface area (Å²) >= 11 is 0. The van der Waals surface area contributed by atoms with Crippen molar-refractivity contribution in [3.63, 3.8) is 0 Å². The second kappa shape index (κ2) is 8.19. The summed E-state index contributed by atoms with van der Waals surface area (Å²) in [4.78, 5) is 14.9. The van der Waals surface area contributed by atoms with Crippen LogP contribution in [0.25, 0.3) is 0 Å².